The predicted molar refractivity (Wildman–Crippen MR) is 121 cm³/mol. The van der Waals surface area contributed by atoms with Gasteiger partial charge in [-0.1, -0.05) is 35.9 Å². The Kier molecular flexibility index (Phi) is 5.08. The molecular weight excluding hydrogens is 394 g/mol. The van der Waals surface area contributed by atoms with Gasteiger partial charge in [0.1, 0.15) is 11.8 Å². The van der Waals surface area contributed by atoms with E-state index < -0.39 is 17.7 Å². The van der Waals surface area contributed by atoms with Crippen LogP contribution in [0.1, 0.15) is 38.7 Å². The number of hydrogen-bond donors (Lipinski definition) is 1. The molecule has 1 fully saturated rings. The molecule has 1 unspecified atom stereocenters. The summed E-state index contributed by atoms with van der Waals surface area (Å²) in [5.41, 5.74) is 5.10. The van der Waals surface area contributed by atoms with Gasteiger partial charge in [-0.2, -0.15) is 0 Å². The quantitative estimate of drug-likeness (QED) is 0.342. The number of aliphatic hydroxyl groups is 1. The Balaban J connectivity index is 2.01. The van der Waals surface area contributed by atoms with Gasteiger partial charge in [0.2, 0.25) is 0 Å². The van der Waals surface area contributed by atoms with Crippen LogP contribution in [0, 0.1) is 27.7 Å². The SMILES string of the molecule is Cc1ccc(C)c(/C(O)=C2\C(=O)C(=O)N(c3ccccc3C)C2c2sccc2C)c1. The molecule has 1 aliphatic heterocycles. The third kappa shape index (κ3) is 3.15. The fraction of sp³-hybridized carbons (Fsp3) is 0.200. The maximum atomic E-state index is 13.2. The molecule has 1 atom stereocenters. The zero-order valence-corrected chi connectivity index (χ0v) is 18.2. The predicted octanol–water partition coefficient (Wildman–Crippen LogP) is 5.61. The average molecular weight is 418 g/mol. The van der Waals surface area contributed by atoms with Gasteiger partial charge in [-0.3, -0.25) is 14.5 Å². The molecule has 1 aliphatic rings. The normalized spacial score (nSPS) is 18.3. The van der Waals surface area contributed by atoms with Crippen molar-refractivity contribution in [1.29, 1.82) is 0 Å². The summed E-state index contributed by atoms with van der Waals surface area (Å²) in [6, 6.07) is 14.5. The van der Waals surface area contributed by atoms with Crippen LogP contribution in [0.2, 0.25) is 0 Å². The van der Waals surface area contributed by atoms with Gasteiger partial charge in [0.15, 0.2) is 0 Å². The number of benzene rings is 2. The number of thiophene rings is 1. The molecule has 0 spiro atoms. The average Bonchev–Trinajstić information content (AvgIpc) is 3.25. The van der Waals surface area contributed by atoms with Crippen molar-refractivity contribution < 1.29 is 14.7 Å². The van der Waals surface area contributed by atoms with Gasteiger partial charge in [0.05, 0.1) is 5.57 Å². The summed E-state index contributed by atoms with van der Waals surface area (Å²) in [6.07, 6.45) is 0. The van der Waals surface area contributed by atoms with Crippen LogP contribution in [0.15, 0.2) is 59.5 Å². The van der Waals surface area contributed by atoms with Crippen LogP contribution in [0.4, 0.5) is 5.69 Å². The first kappa shape index (κ1) is 20.1. The minimum atomic E-state index is -0.661. The molecule has 1 aromatic heterocycles. The number of para-hydroxylation sites is 1. The van der Waals surface area contributed by atoms with Crippen molar-refractivity contribution in [2.24, 2.45) is 0 Å². The smallest absolute Gasteiger partial charge is 0.300 e. The highest BCUT2D eigenvalue weighted by molar-refractivity contribution is 7.10. The number of rotatable bonds is 3. The van der Waals surface area contributed by atoms with E-state index in [0.29, 0.717) is 11.3 Å². The van der Waals surface area contributed by atoms with E-state index in [1.165, 1.54) is 16.2 Å². The van der Waals surface area contributed by atoms with E-state index in [1.807, 2.05) is 81.6 Å². The molecule has 30 heavy (non-hydrogen) atoms. The van der Waals surface area contributed by atoms with Crippen molar-refractivity contribution >= 4 is 34.5 Å². The van der Waals surface area contributed by atoms with Crippen molar-refractivity contribution in [3.63, 3.8) is 0 Å². The number of nitrogens with zero attached hydrogens (tertiary/aromatic N) is 1. The van der Waals surface area contributed by atoms with Gasteiger partial charge >= 0.3 is 0 Å². The van der Waals surface area contributed by atoms with Gasteiger partial charge in [-0.15, -0.1) is 11.3 Å². The minimum absolute atomic E-state index is 0.122. The monoisotopic (exact) mass is 417 g/mol. The molecule has 5 heteroatoms. The van der Waals surface area contributed by atoms with Crippen molar-refractivity contribution in [3.05, 3.63) is 92.2 Å². The largest absolute Gasteiger partial charge is 0.507 e. The number of carbonyl (C=O) groups excluding carboxylic acids is 2. The molecule has 4 nitrogen and oxygen atoms in total. The Hall–Kier alpha value is -3.18. The molecule has 1 saturated heterocycles. The van der Waals surface area contributed by atoms with E-state index in [-0.39, 0.29) is 11.3 Å². The van der Waals surface area contributed by atoms with Gasteiger partial charge < -0.3 is 5.11 Å². The third-order valence-corrected chi connectivity index (χ3v) is 6.69. The minimum Gasteiger partial charge on any atom is -0.507 e. The lowest BCUT2D eigenvalue weighted by Gasteiger charge is -2.26. The van der Waals surface area contributed by atoms with Crippen LogP contribution in [-0.4, -0.2) is 16.8 Å². The van der Waals surface area contributed by atoms with E-state index in [9.17, 15) is 14.7 Å². The van der Waals surface area contributed by atoms with Crippen molar-refractivity contribution in [2.75, 3.05) is 4.90 Å². The standard InChI is InChI=1S/C25H23NO3S/c1-14-9-10-15(2)18(13-14)22(27)20-21(24-17(4)11-12-30-24)26(25(29)23(20)28)19-8-6-5-7-16(19)3/h5-13,21,27H,1-4H3/b22-20+. The Morgan fingerprint density at radius 1 is 0.933 bits per heavy atom. The molecule has 1 amide bonds. The molecule has 4 rings (SSSR count). The van der Waals surface area contributed by atoms with Gasteiger partial charge in [-0.25, -0.2) is 0 Å². The number of hydrogen-bond acceptors (Lipinski definition) is 4. The van der Waals surface area contributed by atoms with Gasteiger partial charge in [0, 0.05) is 16.1 Å². The lowest BCUT2D eigenvalue weighted by atomic mass is 9.95. The van der Waals surface area contributed by atoms with Crippen LogP contribution in [-0.2, 0) is 9.59 Å². The fourth-order valence-electron chi connectivity index (χ4n) is 3.96. The van der Waals surface area contributed by atoms with Crippen LogP contribution >= 0.6 is 11.3 Å². The van der Waals surface area contributed by atoms with Crippen LogP contribution in [0.3, 0.4) is 0 Å². The third-order valence-electron chi connectivity index (χ3n) is 5.62. The summed E-state index contributed by atoms with van der Waals surface area (Å²) >= 11 is 1.49. The maximum absolute atomic E-state index is 13.2. The molecule has 3 aromatic rings. The lowest BCUT2D eigenvalue weighted by Crippen LogP contribution is -2.30. The second-order valence-electron chi connectivity index (χ2n) is 7.74. The highest BCUT2D eigenvalue weighted by atomic mass is 32.1. The summed E-state index contributed by atoms with van der Waals surface area (Å²) in [5, 5.41) is 13.2. The van der Waals surface area contributed by atoms with Crippen LogP contribution in [0.25, 0.3) is 5.76 Å². The van der Waals surface area contributed by atoms with E-state index >= 15 is 0 Å². The van der Waals surface area contributed by atoms with Crippen molar-refractivity contribution in [3.8, 4) is 0 Å². The topological polar surface area (TPSA) is 57.6 Å². The highest BCUT2D eigenvalue weighted by Crippen LogP contribution is 2.45. The molecule has 0 radical (unpaired) electrons. The number of aliphatic hydroxyl groups excluding tert-OH is 1. The molecule has 2 heterocycles. The molecule has 1 N–H and O–H groups in total. The van der Waals surface area contributed by atoms with E-state index in [0.717, 1.165) is 27.1 Å². The summed E-state index contributed by atoms with van der Waals surface area (Å²) in [5.74, 6) is -1.40. The molecular formula is C25H23NO3S. The van der Waals surface area contributed by atoms with Crippen LogP contribution < -0.4 is 4.90 Å². The first-order valence-electron chi connectivity index (χ1n) is 9.79. The Bertz CT molecular complexity index is 1200. The zero-order valence-electron chi connectivity index (χ0n) is 17.4. The van der Waals surface area contributed by atoms with Crippen molar-refractivity contribution in [1.82, 2.24) is 0 Å². The Morgan fingerprint density at radius 2 is 1.67 bits per heavy atom. The Labute approximate surface area is 180 Å². The second-order valence-corrected chi connectivity index (χ2v) is 8.69. The number of anilines is 1. The number of ketones is 1. The molecule has 0 aliphatic carbocycles. The number of aryl methyl sites for hydroxylation is 4. The van der Waals surface area contributed by atoms with Gasteiger partial charge in [0.25, 0.3) is 11.7 Å². The first-order valence-corrected chi connectivity index (χ1v) is 10.7. The summed E-state index contributed by atoms with van der Waals surface area (Å²) in [4.78, 5) is 28.8. The van der Waals surface area contributed by atoms with E-state index in [2.05, 4.69) is 0 Å². The zero-order chi connectivity index (χ0) is 21.6. The highest BCUT2D eigenvalue weighted by Gasteiger charge is 2.48. The summed E-state index contributed by atoms with van der Waals surface area (Å²) in [7, 11) is 0. The maximum Gasteiger partial charge on any atom is 0.300 e. The van der Waals surface area contributed by atoms with Crippen LogP contribution in [0.5, 0.6) is 0 Å². The fourth-order valence-corrected chi connectivity index (χ4v) is 4.99. The lowest BCUT2D eigenvalue weighted by molar-refractivity contribution is -0.132. The molecule has 0 bridgehead atoms. The van der Waals surface area contributed by atoms with E-state index in [1.54, 1.807) is 0 Å². The molecule has 152 valence electrons. The summed E-state index contributed by atoms with van der Waals surface area (Å²) in [6.45, 7) is 7.69. The molecule has 2 aromatic carbocycles. The van der Waals surface area contributed by atoms with Gasteiger partial charge in [-0.05, 0) is 68.0 Å². The van der Waals surface area contributed by atoms with E-state index in [4.69, 9.17) is 0 Å². The Morgan fingerprint density at radius 3 is 2.33 bits per heavy atom. The second kappa shape index (κ2) is 7.58. The first-order chi connectivity index (χ1) is 14.3. The number of amides is 1. The molecule has 0 saturated carbocycles. The number of Topliss-reactive ketones (excluding diaryl/α,β-unsaturated/α-hetero) is 1. The summed E-state index contributed by atoms with van der Waals surface area (Å²) < 4.78 is 0. The number of carbonyl (C=O) groups is 2. The van der Waals surface area contributed by atoms with Crippen molar-refractivity contribution in [2.45, 2.75) is 33.7 Å².